The summed E-state index contributed by atoms with van der Waals surface area (Å²) in [5, 5.41) is 0. The van der Waals surface area contributed by atoms with Crippen LogP contribution in [0.25, 0.3) is 0 Å². The monoisotopic (exact) mass is 381 g/mol. The number of amides is 1. The van der Waals surface area contributed by atoms with Crippen molar-refractivity contribution in [2.75, 3.05) is 20.2 Å². The van der Waals surface area contributed by atoms with Gasteiger partial charge in [-0.3, -0.25) is 0 Å². The van der Waals surface area contributed by atoms with E-state index < -0.39 is 27.5 Å². The normalized spacial score (nSPS) is 23.0. The lowest BCUT2D eigenvalue weighted by atomic mass is 9.89. The van der Waals surface area contributed by atoms with Crippen molar-refractivity contribution in [2.24, 2.45) is 0 Å². The number of ether oxygens (including phenoxy) is 2. The Balaban J connectivity index is 1.91. The highest BCUT2D eigenvalue weighted by atomic mass is 32.2. The van der Waals surface area contributed by atoms with Gasteiger partial charge < -0.3 is 18.6 Å². The first-order valence-electron chi connectivity index (χ1n) is 7.21. The molecule has 0 saturated carbocycles. The van der Waals surface area contributed by atoms with Crippen LogP contribution in [0.1, 0.15) is 17.0 Å². The maximum Gasteiger partial charge on any atom is 0.534 e. The smallest absolute Gasteiger partial charge is 0.453 e. The molecule has 0 aliphatic carbocycles. The number of hydrogen-bond donors (Lipinski definition) is 0. The van der Waals surface area contributed by atoms with Crippen molar-refractivity contribution in [3.05, 3.63) is 29.3 Å². The molecule has 1 amide bonds. The molecule has 2 atom stereocenters. The number of alkyl halides is 3. The first kappa shape index (κ1) is 17.8. The number of carbonyl (C=O) groups excluding carboxylic acids is 1. The van der Waals surface area contributed by atoms with Crippen LogP contribution in [0.5, 0.6) is 5.75 Å². The van der Waals surface area contributed by atoms with Crippen LogP contribution < -0.4 is 4.18 Å². The van der Waals surface area contributed by atoms with Gasteiger partial charge in [-0.15, -0.1) is 0 Å². The summed E-state index contributed by atoms with van der Waals surface area (Å²) >= 11 is 0. The molecule has 0 bridgehead atoms. The fraction of sp³-hybridized carbons (Fsp3) is 0.500. The third kappa shape index (κ3) is 3.13. The molecular weight excluding hydrogens is 367 g/mol. The summed E-state index contributed by atoms with van der Waals surface area (Å²) in [6.45, 7) is 0.414. The number of methoxy groups -OCH3 is 1. The van der Waals surface area contributed by atoms with Crippen molar-refractivity contribution in [3.63, 3.8) is 0 Å². The van der Waals surface area contributed by atoms with Crippen LogP contribution in [0, 0.1) is 0 Å². The summed E-state index contributed by atoms with van der Waals surface area (Å²) in [4.78, 5) is 13.1. The Morgan fingerprint density at radius 2 is 2.04 bits per heavy atom. The van der Waals surface area contributed by atoms with E-state index in [1.807, 2.05) is 0 Å². The number of halogens is 3. The van der Waals surface area contributed by atoms with E-state index in [0.717, 1.165) is 6.07 Å². The number of rotatable bonds is 2. The number of likely N-dealkylation sites (tertiary alicyclic amines) is 1. The third-order valence-electron chi connectivity index (χ3n) is 4.19. The van der Waals surface area contributed by atoms with Gasteiger partial charge >= 0.3 is 21.7 Å². The Hall–Kier alpha value is -2.01. The summed E-state index contributed by atoms with van der Waals surface area (Å²) < 4.78 is 74.7. The molecule has 0 radical (unpaired) electrons. The van der Waals surface area contributed by atoms with Gasteiger partial charge in [-0.1, -0.05) is 12.1 Å². The first-order chi connectivity index (χ1) is 11.6. The molecule has 1 saturated heterocycles. The second-order valence-corrected chi connectivity index (χ2v) is 7.18. The van der Waals surface area contributed by atoms with Crippen LogP contribution in [0.4, 0.5) is 18.0 Å². The molecule has 7 nitrogen and oxygen atoms in total. The number of nitrogens with zero attached hydrogens (tertiary/aromatic N) is 1. The molecule has 0 N–H and O–H groups in total. The summed E-state index contributed by atoms with van der Waals surface area (Å²) in [6.07, 6.45) is -0.882. The number of benzene rings is 1. The maximum absolute atomic E-state index is 12.5. The summed E-state index contributed by atoms with van der Waals surface area (Å²) in [7, 11) is -4.53. The molecule has 1 aromatic carbocycles. The van der Waals surface area contributed by atoms with E-state index in [-0.39, 0.29) is 37.3 Å². The number of hydrogen-bond acceptors (Lipinski definition) is 6. The molecule has 0 aromatic heterocycles. The van der Waals surface area contributed by atoms with Gasteiger partial charge in [-0.05, 0) is 11.6 Å². The molecule has 2 aliphatic heterocycles. The number of carbonyl (C=O) groups is 1. The van der Waals surface area contributed by atoms with E-state index in [1.54, 1.807) is 6.07 Å². The predicted molar refractivity (Wildman–Crippen MR) is 77.3 cm³/mol. The molecule has 1 aromatic rings. The Kier molecular flexibility index (Phi) is 4.31. The SMILES string of the molecule is COC(=O)N1CC2OCc3c(OS(=O)(=O)C(F)(F)F)cccc3C2C1. The largest absolute Gasteiger partial charge is 0.534 e. The van der Waals surface area contributed by atoms with Crippen LogP contribution in [0.2, 0.25) is 0 Å². The minimum Gasteiger partial charge on any atom is -0.453 e. The van der Waals surface area contributed by atoms with Crippen LogP contribution in [-0.2, 0) is 26.2 Å². The van der Waals surface area contributed by atoms with Gasteiger partial charge in [-0.25, -0.2) is 4.79 Å². The second kappa shape index (κ2) is 6.06. The molecular formula is C14H14F3NO6S. The van der Waals surface area contributed by atoms with Crippen molar-refractivity contribution in [2.45, 2.75) is 24.1 Å². The van der Waals surface area contributed by atoms with Gasteiger partial charge in [-0.2, -0.15) is 21.6 Å². The average Bonchev–Trinajstić information content (AvgIpc) is 2.97. The Labute approximate surface area is 141 Å². The van der Waals surface area contributed by atoms with Gasteiger partial charge in [0.15, 0.2) is 0 Å². The first-order valence-corrected chi connectivity index (χ1v) is 8.62. The van der Waals surface area contributed by atoms with Gasteiger partial charge in [0.05, 0.1) is 26.4 Å². The second-order valence-electron chi connectivity index (χ2n) is 5.64. The van der Waals surface area contributed by atoms with E-state index in [2.05, 4.69) is 8.92 Å². The molecule has 11 heteroatoms. The van der Waals surface area contributed by atoms with E-state index >= 15 is 0 Å². The minimum absolute atomic E-state index is 0.116. The molecule has 138 valence electrons. The highest BCUT2D eigenvalue weighted by Crippen LogP contribution is 2.41. The van der Waals surface area contributed by atoms with Crippen LogP contribution >= 0.6 is 0 Å². The van der Waals surface area contributed by atoms with Gasteiger partial charge in [0, 0.05) is 18.0 Å². The van der Waals surface area contributed by atoms with E-state index in [4.69, 9.17) is 4.74 Å². The van der Waals surface area contributed by atoms with E-state index in [9.17, 15) is 26.4 Å². The standard InChI is InChI=1S/C14H14F3NO6S/c1-22-13(19)18-5-9-8-3-2-4-11(10(8)7-23-12(9)6-18)24-25(20,21)14(15,16)17/h2-4,9,12H,5-7H2,1H3. The lowest BCUT2D eigenvalue weighted by Crippen LogP contribution is -2.31. The summed E-state index contributed by atoms with van der Waals surface area (Å²) in [5.41, 5.74) is -4.70. The molecule has 1 fully saturated rings. The van der Waals surface area contributed by atoms with Crippen molar-refractivity contribution in [1.29, 1.82) is 0 Å². The molecule has 0 spiro atoms. The average molecular weight is 381 g/mol. The number of fused-ring (bicyclic) bond motifs is 3. The predicted octanol–water partition coefficient (Wildman–Crippen LogP) is 1.98. The fourth-order valence-corrected chi connectivity index (χ4v) is 3.53. The molecule has 3 rings (SSSR count). The van der Waals surface area contributed by atoms with Crippen molar-refractivity contribution >= 4 is 16.2 Å². The van der Waals surface area contributed by atoms with E-state index in [0.29, 0.717) is 5.56 Å². The zero-order valence-corrected chi connectivity index (χ0v) is 13.8. The van der Waals surface area contributed by atoms with Crippen molar-refractivity contribution < 1.29 is 40.0 Å². The van der Waals surface area contributed by atoms with Gasteiger partial charge in [0.25, 0.3) is 0 Å². The van der Waals surface area contributed by atoms with Gasteiger partial charge in [0.1, 0.15) is 5.75 Å². The lowest BCUT2D eigenvalue weighted by Gasteiger charge is -2.28. The molecule has 2 heterocycles. The highest BCUT2D eigenvalue weighted by molar-refractivity contribution is 7.88. The van der Waals surface area contributed by atoms with Gasteiger partial charge in [0.2, 0.25) is 0 Å². The maximum atomic E-state index is 12.5. The van der Waals surface area contributed by atoms with Crippen LogP contribution in [0.3, 0.4) is 0 Å². The fourth-order valence-electron chi connectivity index (χ4n) is 3.04. The zero-order chi connectivity index (χ0) is 18.4. The summed E-state index contributed by atoms with van der Waals surface area (Å²) in [5.74, 6) is -0.732. The zero-order valence-electron chi connectivity index (χ0n) is 12.9. The Bertz CT molecular complexity index is 794. The topological polar surface area (TPSA) is 82.1 Å². The van der Waals surface area contributed by atoms with Crippen LogP contribution in [-0.4, -0.2) is 51.2 Å². The molecule has 2 unspecified atom stereocenters. The highest BCUT2D eigenvalue weighted by Gasteiger charge is 2.49. The lowest BCUT2D eigenvalue weighted by molar-refractivity contribution is -0.0501. The van der Waals surface area contributed by atoms with E-state index in [1.165, 1.54) is 18.1 Å². The molecule has 25 heavy (non-hydrogen) atoms. The molecule has 2 aliphatic rings. The Morgan fingerprint density at radius 1 is 1.32 bits per heavy atom. The van der Waals surface area contributed by atoms with Crippen LogP contribution in [0.15, 0.2) is 18.2 Å². The quantitative estimate of drug-likeness (QED) is 0.576. The Morgan fingerprint density at radius 3 is 2.68 bits per heavy atom. The minimum atomic E-state index is -5.77. The third-order valence-corrected chi connectivity index (χ3v) is 5.16. The van der Waals surface area contributed by atoms with Crippen molar-refractivity contribution in [3.8, 4) is 5.75 Å². The van der Waals surface area contributed by atoms with Crippen molar-refractivity contribution in [1.82, 2.24) is 4.90 Å². The summed E-state index contributed by atoms with van der Waals surface area (Å²) in [6, 6.07) is 4.20.